The number of aromatic hydroxyl groups is 28. The molecule has 0 fully saturated rings. The van der Waals surface area contributed by atoms with Gasteiger partial charge in [-0.25, -0.2) is 0 Å². The second kappa shape index (κ2) is 14.4. The van der Waals surface area contributed by atoms with Crippen LogP contribution < -0.4 is 0 Å². The minimum Gasteiger partial charge on any atom is -0.506 e. The fraction of sp³-hybridized carbons (Fsp3) is 0. The summed E-state index contributed by atoms with van der Waals surface area (Å²) in [4.78, 5) is 0. The first-order chi connectivity index (χ1) is 35.0. The van der Waals surface area contributed by atoms with Crippen LogP contribution >= 0.6 is 0 Å². The van der Waals surface area contributed by atoms with Gasteiger partial charge in [0.1, 0.15) is 5.75 Å². The Morgan fingerprint density at radius 2 is 0.293 bits per heavy atom. The molecule has 0 unspecified atom stereocenters. The van der Waals surface area contributed by atoms with Crippen LogP contribution in [0.3, 0.4) is 0 Å². The van der Waals surface area contributed by atoms with Gasteiger partial charge in [0.15, 0.2) is 91.7 Å². The van der Waals surface area contributed by atoms with Crippen LogP contribution in [0.2, 0.25) is 0 Å². The minimum absolute atomic E-state index is 1.01. The molecule has 0 saturated carbocycles. The molecule has 0 spiro atoms. The van der Waals surface area contributed by atoms with Gasteiger partial charge in [-0.2, -0.15) is 0 Å². The number of furan rings is 1. The van der Waals surface area contributed by atoms with Crippen molar-refractivity contribution in [2.45, 2.75) is 0 Å². The van der Waals surface area contributed by atoms with Crippen molar-refractivity contribution in [3.05, 3.63) is 0 Å². The van der Waals surface area contributed by atoms with Crippen LogP contribution in [0.1, 0.15) is 0 Å². The van der Waals surface area contributed by atoms with E-state index in [0.29, 0.717) is 0 Å². The van der Waals surface area contributed by atoms with Gasteiger partial charge in [-0.3, -0.25) is 0 Å². The van der Waals surface area contributed by atoms with Gasteiger partial charge in [0, 0.05) is 65.5 Å². The smallest absolute Gasteiger partial charge is 0.208 e. The normalized spacial score (nSPS) is 11.9. The third kappa shape index (κ3) is 5.20. The monoisotopic (exact) mass is 1040 g/mol. The number of hydrogen-bond donors (Lipinski definition) is 28. The minimum atomic E-state index is -1.95. The van der Waals surface area contributed by atoms with E-state index in [0.717, 1.165) is 0 Å². The number of benzene rings is 9. The lowest BCUT2D eigenvalue weighted by molar-refractivity contribution is 0.347. The quantitative estimate of drug-likeness (QED) is 0.0631. The summed E-state index contributed by atoms with van der Waals surface area (Å²) in [5, 5.41) is 302. The van der Waals surface area contributed by atoms with Crippen molar-refractivity contribution in [1.29, 1.82) is 0 Å². The number of rotatable bonds is 3. The molecule has 0 aliphatic carbocycles. The maximum Gasteiger partial charge on any atom is 0.208 e. The average Bonchev–Trinajstić information content (AvgIpc) is 3.84. The second-order valence-corrected chi connectivity index (χ2v) is 16.5. The van der Waals surface area contributed by atoms with Crippen molar-refractivity contribution in [2.75, 3.05) is 0 Å². The summed E-state index contributed by atoms with van der Waals surface area (Å²) in [7, 11) is 0. The molecular formula is C46H28O29. The first-order valence-corrected chi connectivity index (χ1v) is 20.2. The van der Waals surface area contributed by atoms with Crippen LogP contribution in [0.15, 0.2) is 4.42 Å². The van der Waals surface area contributed by atoms with Crippen molar-refractivity contribution in [3.8, 4) is 194 Å². The van der Waals surface area contributed by atoms with Crippen LogP contribution in [-0.2, 0) is 0 Å². The molecule has 1 heterocycles. The molecule has 28 N–H and O–H groups in total. The van der Waals surface area contributed by atoms with E-state index in [4.69, 9.17) is 4.42 Å². The first kappa shape index (κ1) is 46.9. The highest BCUT2D eigenvalue weighted by molar-refractivity contribution is 6.34. The lowest BCUT2D eigenvalue weighted by Crippen LogP contribution is -1.98. The highest BCUT2D eigenvalue weighted by Crippen LogP contribution is 2.70. The van der Waals surface area contributed by atoms with Crippen molar-refractivity contribution in [2.24, 2.45) is 0 Å². The van der Waals surface area contributed by atoms with E-state index in [1.165, 1.54) is 0 Å². The topological polar surface area (TPSA) is 580 Å². The number of phenolic OH excluding ortho intramolecular Hbond substituents is 28. The third-order valence-corrected chi connectivity index (χ3v) is 12.9. The summed E-state index contributed by atoms with van der Waals surface area (Å²) in [6.45, 7) is 0. The largest absolute Gasteiger partial charge is 0.506 e. The molecule has 0 aliphatic heterocycles. The first-order valence-electron chi connectivity index (χ1n) is 20.2. The summed E-state index contributed by atoms with van der Waals surface area (Å²) in [5.41, 5.74) is -11.1. The van der Waals surface area contributed by atoms with Crippen LogP contribution in [0.25, 0.3) is 98.4 Å². The number of phenols is 28. The Hall–Kier alpha value is -11.8. The van der Waals surface area contributed by atoms with E-state index < -0.39 is 259 Å². The lowest BCUT2D eigenvalue weighted by Gasteiger charge is -2.26. The van der Waals surface area contributed by atoms with E-state index in [1.54, 1.807) is 0 Å². The van der Waals surface area contributed by atoms with E-state index in [1.807, 2.05) is 0 Å². The zero-order chi connectivity index (χ0) is 55.3. The maximum atomic E-state index is 12.4. The van der Waals surface area contributed by atoms with Crippen LogP contribution in [0, 0.1) is 0 Å². The molecule has 75 heavy (non-hydrogen) atoms. The standard InChI is InChI=1S/C46H28O29/c47-17-13(30(60)43(73)45-15(17)16-31(61)41(71)42(72)44(74)46(16)75-45)2-6-3(20(50)33(63)35(65)22(6)52)1(4-7(2)23(53)36(66)34(64)21(4)51)5-8-10(26(56)38(68)37(67)25(8)55)9(19(49)18(5)48)11-12-14(28(58)32(62)24(11)54)29(59)40(70)39(69)27(12)57/h47-74H. The Balaban J connectivity index is 1.55. The molecule has 29 nitrogen and oxygen atoms in total. The molecule has 29 heteroatoms. The van der Waals surface area contributed by atoms with Crippen LogP contribution in [-0.4, -0.2) is 143 Å². The van der Waals surface area contributed by atoms with E-state index in [-0.39, 0.29) is 0 Å². The molecule has 0 aliphatic rings. The van der Waals surface area contributed by atoms with Crippen molar-refractivity contribution in [3.63, 3.8) is 0 Å². The van der Waals surface area contributed by atoms with Gasteiger partial charge in [0.2, 0.25) is 74.7 Å². The second-order valence-electron chi connectivity index (χ2n) is 16.5. The molecule has 0 bridgehead atoms. The predicted octanol–water partition coefficient (Wildman–Crippen LogP) is 4.96. The van der Waals surface area contributed by atoms with E-state index in [9.17, 15) is 143 Å². The lowest BCUT2D eigenvalue weighted by atomic mass is 9.80. The molecule has 9 aromatic carbocycles. The fourth-order valence-electron chi connectivity index (χ4n) is 9.51. The van der Waals surface area contributed by atoms with Crippen LogP contribution in [0.5, 0.6) is 161 Å². The maximum absolute atomic E-state index is 12.4. The Bertz CT molecular complexity index is 4350. The van der Waals surface area contributed by atoms with Gasteiger partial charge in [-0.05, 0) is 0 Å². The average molecular weight is 1040 g/mol. The van der Waals surface area contributed by atoms with Crippen molar-refractivity contribution >= 4 is 65.0 Å². The molecule has 1 aromatic heterocycles. The molecule has 386 valence electrons. The fourth-order valence-corrected chi connectivity index (χ4v) is 9.51. The van der Waals surface area contributed by atoms with E-state index >= 15 is 0 Å². The molecule has 0 atom stereocenters. The number of fused-ring (bicyclic) bond motifs is 7. The third-order valence-electron chi connectivity index (χ3n) is 12.9. The molecule has 0 radical (unpaired) electrons. The Labute approximate surface area is 406 Å². The predicted molar refractivity (Wildman–Crippen MR) is 247 cm³/mol. The van der Waals surface area contributed by atoms with Gasteiger partial charge in [0.05, 0.1) is 21.7 Å². The molecular weight excluding hydrogens is 1020 g/mol. The molecule has 10 rings (SSSR count). The molecule has 0 saturated heterocycles. The molecule has 0 amide bonds. The Morgan fingerprint density at radius 3 is 0.627 bits per heavy atom. The van der Waals surface area contributed by atoms with Gasteiger partial charge in [0.25, 0.3) is 0 Å². The SMILES string of the molecule is Oc1c(O)c(O)c2c(oc3c(O)c(O)c(-c4c5c(O)c(O)c(O)c(O)c5c(-c5c(O)c(O)c(-c6c(O)c(O)c(O)c7c(O)c(O)c(O)c(O)c67)c6c(O)c(O)c(O)c(O)c56)c5c(O)c(O)c(O)c(O)c45)c(O)c32)c1O. The highest BCUT2D eigenvalue weighted by Gasteiger charge is 2.41. The van der Waals surface area contributed by atoms with Gasteiger partial charge >= 0.3 is 0 Å². The molecule has 10 aromatic rings. The van der Waals surface area contributed by atoms with Gasteiger partial charge in [-0.1, -0.05) is 0 Å². The summed E-state index contributed by atoms with van der Waals surface area (Å²) in [6, 6.07) is 0. The van der Waals surface area contributed by atoms with E-state index in [2.05, 4.69) is 0 Å². The zero-order valence-corrected chi connectivity index (χ0v) is 35.9. The Kier molecular flexibility index (Phi) is 9.01. The van der Waals surface area contributed by atoms with Crippen LogP contribution in [0.4, 0.5) is 0 Å². The van der Waals surface area contributed by atoms with Gasteiger partial charge < -0.3 is 147 Å². The van der Waals surface area contributed by atoms with Gasteiger partial charge in [-0.15, -0.1) is 0 Å². The summed E-state index contributed by atoms with van der Waals surface area (Å²) in [6.07, 6.45) is 0. The zero-order valence-electron chi connectivity index (χ0n) is 35.9. The number of hydrogen-bond acceptors (Lipinski definition) is 29. The van der Waals surface area contributed by atoms with Crippen molar-refractivity contribution < 1.29 is 147 Å². The Morgan fingerprint density at radius 1 is 0.120 bits per heavy atom. The highest BCUT2D eigenvalue weighted by atomic mass is 16.4. The van der Waals surface area contributed by atoms with Crippen molar-refractivity contribution in [1.82, 2.24) is 0 Å². The summed E-state index contributed by atoms with van der Waals surface area (Å²) in [5.74, 6) is -48.0. The summed E-state index contributed by atoms with van der Waals surface area (Å²) >= 11 is 0. The summed E-state index contributed by atoms with van der Waals surface area (Å²) < 4.78 is 5.30.